The summed E-state index contributed by atoms with van der Waals surface area (Å²) < 4.78 is 7.05. The van der Waals surface area contributed by atoms with Crippen molar-refractivity contribution in [2.45, 2.75) is 18.9 Å². The zero-order chi connectivity index (χ0) is 16.9. The van der Waals surface area contributed by atoms with E-state index in [4.69, 9.17) is 4.74 Å². The van der Waals surface area contributed by atoms with E-state index in [2.05, 4.69) is 36.3 Å². The van der Waals surface area contributed by atoms with Gasteiger partial charge in [0.25, 0.3) is 5.91 Å². The van der Waals surface area contributed by atoms with Crippen molar-refractivity contribution >= 4 is 27.7 Å². The van der Waals surface area contributed by atoms with E-state index >= 15 is 0 Å². The highest BCUT2D eigenvalue weighted by atomic mass is 79.9. The smallest absolute Gasteiger partial charge is 0.271 e. The molecule has 0 spiro atoms. The van der Waals surface area contributed by atoms with Crippen LogP contribution in [0.4, 0.5) is 5.82 Å². The molecule has 126 valence electrons. The zero-order valence-corrected chi connectivity index (χ0v) is 15.0. The van der Waals surface area contributed by atoms with Crippen LogP contribution in [0, 0.1) is 0 Å². The van der Waals surface area contributed by atoms with Crippen LogP contribution in [0.3, 0.4) is 0 Å². The monoisotopic (exact) mass is 390 g/mol. The molecule has 7 heteroatoms. The molecule has 1 saturated heterocycles. The third kappa shape index (κ3) is 3.84. The maximum atomic E-state index is 11.5. The van der Waals surface area contributed by atoms with E-state index in [-0.39, 0.29) is 12.0 Å². The van der Waals surface area contributed by atoms with Crippen molar-refractivity contribution < 1.29 is 9.53 Å². The molecule has 1 aliphatic heterocycles. The number of hydrogen-bond acceptors (Lipinski definition) is 5. The first-order chi connectivity index (χ1) is 11.7. The van der Waals surface area contributed by atoms with Crippen molar-refractivity contribution in [1.29, 1.82) is 0 Å². The van der Waals surface area contributed by atoms with E-state index in [1.165, 1.54) is 0 Å². The van der Waals surface area contributed by atoms with Crippen molar-refractivity contribution in [3.63, 3.8) is 0 Å². The number of piperidine rings is 1. The normalized spacial score (nSPS) is 15.2. The molecule has 1 N–H and O–H groups in total. The van der Waals surface area contributed by atoms with Gasteiger partial charge < -0.3 is 15.0 Å². The lowest BCUT2D eigenvalue weighted by Crippen LogP contribution is -2.39. The Hall–Kier alpha value is -2.15. The lowest BCUT2D eigenvalue weighted by atomic mass is 10.1. The second kappa shape index (κ2) is 7.61. The minimum atomic E-state index is -0.227. The number of amides is 1. The van der Waals surface area contributed by atoms with E-state index in [0.717, 1.165) is 42.0 Å². The van der Waals surface area contributed by atoms with Gasteiger partial charge in [-0.2, -0.15) is 0 Å². The summed E-state index contributed by atoms with van der Waals surface area (Å²) in [6, 6.07) is 11.4. The van der Waals surface area contributed by atoms with Gasteiger partial charge in [0.15, 0.2) is 11.5 Å². The standard InChI is InChI=1S/C17H19BrN4O2/c1-19-17(23)14-6-7-16(21-20-14)22-10-8-12(9-11-22)24-15-5-3-2-4-13(15)18/h2-7,12H,8-11H2,1H3,(H,19,23). The van der Waals surface area contributed by atoms with Crippen LogP contribution in [0.5, 0.6) is 5.75 Å². The molecule has 0 aliphatic carbocycles. The van der Waals surface area contributed by atoms with Gasteiger partial charge in [-0.1, -0.05) is 12.1 Å². The number of halogens is 1. The number of hydrogen-bond donors (Lipinski definition) is 1. The predicted molar refractivity (Wildman–Crippen MR) is 95.4 cm³/mol. The van der Waals surface area contributed by atoms with Crippen LogP contribution in [-0.4, -0.2) is 42.3 Å². The van der Waals surface area contributed by atoms with Crippen LogP contribution in [0.15, 0.2) is 40.9 Å². The molecular weight excluding hydrogens is 372 g/mol. The Morgan fingerprint density at radius 3 is 2.58 bits per heavy atom. The number of aromatic nitrogens is 2. The molecule has 0 radical (unpaired) electrons. The van der Waals surface area contributed by atoms with Gasteiger partial charge in [-0.25, -0.2) is 0 Å². The van der Waals surface area contributed by atoms with Gasteiger partial charge in [0.2, 0.25) is 0 Å². The van der Waals surface area contributed by atoms with Crippen molar-refractivity contribution in [1.82, 2.24) is 15.5 Å². The molecule has 0 bridgehead atoms. The summed E-state index contributed by atoms with van der Waals surface area (Å²) in [4.78, 5) is 13.7. The van der Waals surface area contributed by atoms with Crippen LogP contribution < -0.4 is 15.0 Å². The number of rotatable bonds is 4. The molecule has 24 heavy (non-hydrogen) atoms. The molecule has 2 aromatic rings. The average molecular weight is 391 g/mol. The third-order valence-corrected chi connectivity index (χ3v) is 4.66. The molecule has 1 aliphatic rings. The summed E-state index contributed by atoms with van der Waals surface area (Å²) in [7, 11) is 1.58. The van der Waals surface area contributed by atoms with Crippen LogP contribution in [-0.2, 0) is 0 Å². The Morgan fingerprint density at radius 2 is 1.96 bits per heavy atom. The molecular formula is C17H19BrN4O2. The van der Waals surface area contributed by atoms with Crippen LogP contribution >= 0.6 is 15.9 Å². The highest BCUT2D eigenvalue weighted by Crippen LogP contribution is 2.27. The first-order valence-electron chi connectivity index (χ1n) is 7.89. The van der Waals surface area contributed by atoms with Crippen LogP contribution in [0.2, 0.25) is 0 Å². The first kappa shape index (κ1) is 16.7. The summed E-state index contributed by atoms with van der Waals surface area (Å²) in [6.45, 7) is 1.70. The third-order valence-electron chi connectivity index (χ3n) is 4.01. The van der Waals surface area contributed by atoms with E-state index < -0.39 is 0 Å². The highest BCUT2D eigenvalue weighted by molar-refractivity contribution is 9.10. The SMILES string of the molecule is CNC(=O)c1ccc(N2CCC(Oc3ccccc3Br)CC2)nn1. The maximum Gasteiger partial charge on any atom is 0.271 e. The van der Waals surface area contributed by atoms with E-state index in [9.17, 15) is 4.79 Å². The largest absolute Gasteiger partial charge is 0.489 e. The number of para-hydroxylation sites is 1. The number of ether oxygens (including phenoxy) is 1. The summed E-state index contributed by atoms with van der Waals surface area (Å²) >= 11 is 3.51. The number of nitrogens with zero attached hydrogens (tertiary/aromatic N) is 3. The molecule has 0 unspecified atom stereocenters. The Balaban J connectivity index is 1.57. The average Bonchev–Trinajstić information content (AvgIpc) is 2.64. The van der Waals surface area contributed by atoms with Gasteiger partial charge in [0, 0.05) is 33.0 Å². The molecule has 6 nitrogen and oxygen atoms in total. The fourth-order valence-corrected chi connectivity index (χ4v) is 3.04. The first-order valence-corrected chi connectivity index (χ1v) is 8.68. The number of carbonyl (C=O) groups is 1. The molecule has 1 aromatic carbocycles. The van der Waals surface area contributed by atoms with E-state index in [1.807, 2.05) is 30.3 Å². The summed E-state index contributed by atoms with van der Waals surface area (Å²) in [5.74, 6) is 1.45. The fourth-order valence-electron chi connectivity index (χ4n) is 2.67. The molecule has 1 amide bonds. The molecule has 3 rings (SSSR count). The van der Waals surface area contributed by atoms with Crippen molar-refractivity contribution in [2.75, 3.05) is 25.0 Å². The second-order valence-corrected chi connectivity index (χ2v) is 6.44. The topological polar surface area (TPSA) is 67.4 Å². The Morgan fingerprint density at radius 1 is 1.21 bits per heavy atom. The predicted octanol–water partition coefficient (Wildman–Crippen LogP) is 2.65. The molecule has 0 saturated carbocycles. The van der Waals surface area contributed by atoms with E-state index in [1.54, 1.807) is 13.1 Å². The quantitative estimate of drug-likeness (QED) is 0.868. The Bertz CT molecular complexity index is 700. The van der Waals surface area contributed by atoms with Gasteiger partial charge in [0.05, 0.1) is 4.47 Å². The minimum absolute atomic E-state index is 0.193. The van der Waals surface area contributed by atoms with Crippen LogP contribution in [0.1, 0.15) is 23.3 Å². The fraction of sp³-hybridized carbons (Fsp3) is 0.353. The minimum Gasteiger partial charge on any atom is -0.489 e. The lowest BCUT2D eigenvalue weighted by molar-refractivity contribution is 0.0957. The number of anilines is 1. The van der Waals surface area contributed by atoms with Gasteiger partial charge in [0.1, 0.15) is 11.9 Å². The number of nitrogens with one attached hydrogen (secondary N) is 1. The van der Waals surface area contributed by atoms with E-state index in [0.29, 0.717) is 5.69 Å². The molecule has 0 atom stereocenters. The molecule has 1 aromatic heterocycles. The summed E-state index contributed by atoms with van der Waals surface area (Å²) in [5.41, 5.74) is 0.327. The Labute approximate surface area is 149 Å². The molecule has 2 heterocycles. The summed E-state index contributed by atoms with van der Waals surface area (Å²) in [5, 5.41) is 10.7. The number of benzene rings is 1. The summed E-state index contributed by atoms with van der Waals surface area (Å²) in [6.07, 6.45) is 2.03. The molecule has 1 fully saturated rings. The van der Waals surface area contributed by atoms with Crippen molar-refractivity contribution in [3.05, 3.63) is 46.6 Å². The highest BCUT2D eigenvalue weighted by Gasteiger charge is 2.22. The van der Waals surface area contributed by atoms with Gasteiger partial charge in [-0.3, -0.25) is 4.79 Å². The van der Waals surface area contributed by atoms with Gasteiger partial charge in [-0.05, 0) is 40.2 Å². The number of carbonyl (C=O) groups excluding carboxylic acids is 1. The Kier molecular flexibility index (Phi) is 5.30. The van der Waals surface area contributed by atoms with Crippen LogP contribution in [0.25, 0.3) is 0 Å². The van der Waals surface area contributed by atoms with Crippen molar-refractivity contribution in [2.24, 2.45) is 0 Å². The lowest BCUT2D eigenvalue weighted by Gasteiger charge is -2.32. The maximum absolute atomic E-state index is 11.5. The van der Waals surface area contributed by atoms with Gasteiger partial charge in [-0.15, -0.1) is 10.2 Å². The second-order valence-electron chi connectivity index (χ2n) is 5.59. The van der Waals surface area contributed by atoms with Gasteiger partial charge >= 0.3 is 0 Å². The zero-order valence-electron chi connectivity index (χ0n) is 13.4. The van der Waals surface area contributed by atoms with Crippen molar-refractivity contribution in [3.8, 4) is 5.75 Å².